The number of nitrogens with one attached hydrogen (secondary N) is 1. The number of aryl methyl sites for hydroxylation is 1. The fraction of sp³-hybridized carbons (Fsp3) is 0.176. The molecule has 0 aliphatic carbocycles. The molecule has 0 radical (unpaired) electrons. The molecule has 23 heavy (non-hydrogen) atoms. The molecule has 1 N–H and O–H groups in total. The average Bonchev–Trinajstić information content (AvgIpc) is 2.57. The van der Waals surface area contributed by atoms with E-state index in [1.165, 1.54) is 16.8 Å². The van der Waals surface area contributed by atoms with Gasteiger partial charge in [-0.15, -0.1) is 0 Å². The van der Waals surface area contributed by atoms with Gasteiger partial charge < -0.3 is 5.32 Å². The summed E-state index contributed by atoms with van der Waals surface area (Å²) < 4.78 is 1.30. The number of hydrogen-bond acceptors (Lipinski definition) is 4. The van der Waals surface area contributed by atoms with E-state index in [1.807, 2.05) is 31.2 Å². The van der Waals surface area contributed by atoms with E-state index in [4.69, 9.17) is 0 Å². The number of carbonyl (C=O) groups excluding carboxylic acids is 1. The van der Waals surface area contributed by atoms with Crippen LogP contribution in [-0.4, -0.2) is 20.7 Å². The van der Waals surface area contributed by atoms with Crippen LogP contribution in [0.25, 0.3) is 10.9 Å². The Morgan fingerprint density at radius 2 is 2.00 bits per heavy atom. The SMILES string of the molecule is CCCn1nc(C(=O)Nc2cccc3cccnc23)ccc1=O. The van der Waals surface area contributed by atoms with Gasteiger partial charge in [0.1, 0.15) is 5.69 Å². The van der Waals surface area contributed by atoms with Crippen molar-refractivity contribution in [3.63, 3.8) is 0 Å². The van der Waals surface area contributed by atoms with E-state index in [-0.39, 0.29) is 17.2 Å². The van der Waals surface area contributed by atoms with Crippen molar-refractivity contribution in [1.82, 2.24) is 14.8 Å². The topological polar surface area (TPSA) is 76.9 Å². The molecule has 0 saturated heterocycles. The summed E-state index contributed by atoms with van der Waals surface area (Å²) >= 11 is 0. The number of hydrogen-bond donors (Lipinski definition) is 1. The van der Waals surface area contributed by atoms with Crippen LogP contribution in [0.1, 0.15) is 23.8 Å². The highest BCUT2D eigenvalue weighted by molar-refractivity contribution is 6.07. The van der Waals surface area contributed by atoms with Crippen molar-refractivity contribution in [2.75, 3.05) is 5.32 Å². The van der Waals surface area contributed by atoms with Gasteiger partial charge in [0.05, 0.1) is 11.2 Å². The van der Waals surface area contributed by atoms with Gasteiger partial charge in [-0.1, -0.05) is 25.1 Å². The van der Waals surface area contributed by atoms with Crippen molar-refractivity contribution in [3.05, 3.63) is 64.7 Å². The number of pyridine rings is 1. The molecule has 2 aromatic heterocycles. The molecule has 0 unspecified atom stereocenters. The van der Waals surface area contributed by atoms with Gasteiger partial charge >= 0.3 is 0 Å². The summed E-state index contributed by atoms with van der Waals surface area (Å²) in [4.78, 5) is 28.4. The second-order valence-electron chi connectivity index (χ2n) is 5.11. The smallest absolute Gasteiger partial charge is 0.276 e. The second kappa shape index (κ2) is 6.39. The number of benzene rings is 1. The standard InChI is InChI=1S/C17H16N4O2/c1-2-11-21-15(22)9-8-14(20-21)17(23)19-13-7-3-5-12-6-4-10-18-16(12)13/h3-10H,2,11H2,1H3,(H,19,23). The zero-order valence-electron chi connectivity index (χ0n) is 12.7. The van der Waals surface area contributed by atoms with Gasteiger partial charge in [0, 0.05) is 24.2 Å². The molecular formula is C17H16N4O2. The molecule has 6 nitrogen and oxygen atoms in total. The fourth-order valence-electron chi connectivity index (χ4n) is 2.33. The Balaban J connectivity index is 1.92. The normalized spacial score (nSPS) is 10.7. The molecule has 0 atom stereocenters. The van der Waals surface area contributed by atoms with Crippen LogP contribution in [0.3, 0.4) is 0 Å². The lowest BCUT2D eigenvalue weighted by molar-refractivity contribution is 0.102. The average molecular weight is 308 g/mol. The lowest BCUT2D eigenvalue weighted by atomic mass is 10.2. The van der Waals surface area contributed by atoms with Crippen LogP contribution in [0, 0.1) is 0 Å². The largest absolute Gasteiger partial charge is 0.319 e. The van der Waals surface area contributed by atoms with E-state index in [1.54, 1.807) is 12.3 Å². The first-order valence-corrected chi connectivity index (χ1v) is 7.42. The number of anilines is 1. The number of nitrogens with zero attached hydrogens (tertiary/aromatic N) is 3. The molecule has 0 aliphatic rings. The zero-order valence-corrected chi connectivity index (χ0v) is 12.7. The summed E-state index contributed by atoms with van der Waals surface area (Å²) in [5, 5.41) is 7.86. The van der Waals surface area contributed by atoms with Gasteiger partial charge in [-0.2, -0.15) is 5.10 Å². The summed E-state index contributed by atoms with van der Waals surface area (Å²) in [6.07, 6.45) is 2.45. The van der Waals surface area contributed by atoms with Crippen molar-refractivity contribution in [2.24, 2.45) is 0 Å². The Kier molecular flexibility index (Phi) is 4.14. The molecule has 3 rings (SSSR count). The lowest BCUT2D eigenvalue weighted by Gasteiger charge is -2.09. The fourth-order valence-corrected chi connectivity index (χ4v) is 2.33. The van der Waals surface area contributed by atoms with E-state index in [0.717, 1.165) is 11.8 Å². The Bertz CT molecular complexity index is 912. The van der Waals surface area contributed by atoms with E-state index in [0.29, 0.717) is 17.7 Å². The van der Waals surface area contributed by atoms with Crippen LogP contribution < -0.4 is 10.9 Å². The van der Waals surface area contributed by atoms with Gasteiger partial charge in [0.15, 0.2) is 0 Å². The quantitative estimate of drug-likeness (QED) is 0.803. The molecule has 2 heterocycles. The predicted molar refractivity (Wildman–Crippen MR) is 88.5 cm³/mol. The number of para-hydroxylation sites is 1. The molecule has 0 spiro atoms. The molecular weight excluding hydrogens is 292 g/mol. The summed E-state index contributed by atoms with van der Waals surface area (Å²) in [6, 6.07) is 12.1. The second-order valence-corrected chi connectivity index (χ2v) is 5.11. The molecule has 0 bridgehead atoms. The summed E-state index contributed by atoms with van der Waals surface area (Å²) in [5.41, 5.74) is 1.31. The van der Waals surface area contributed by atoms with Crippen molar-refractivity contribution in [3.8, 4) is 0 Å². The molecule has 0 fully saturated rings. The van der Waals surface area contributed by atoms with Gasteiger partial charge in [-0.05, 0) is 24.6 Å². The molecule has 6 heteroatoms. The first-order valence-electron chi connectivity index (χ1n) is 7.42. The van der Waals surface area contributed by atoms with Crippen LogP contribution in [-0.2, 0) is 6.54 Å². The van der Waals surface area contributed by atoms with Crippen molar-refractivity contribution >= 4 is 22.5 Å². The first kappa shape index (κ1) is 14.9. The van der Waals surface area contributed by atoms with E-state index >= 15 is 0 Å². The molecule has 0 aliphatic heterocycles. The molecule has 116 valence electrons. The third-order valence-corrected chi connectivity index (χ3v) is 3.42. The van der Waals surface area contributed by atoms with Gasteiger partial charge in [0.2, 0.25) is 0 Å². The van der Waals surface area contributed by atoms with Gasteiger partial charge in [0.25, 0.3) is 11.5 Å². The predicted octanol–water partition coefficient (Wildman–Crippen LogP) is 2.45. The van der Waals surface area contributed by atoms with E-state index in [2.05, 4.69) is 15.4 Å². The van der Waals surface area contributed by atoms with Crippen LogP contribution in [0.5, 0.6) is 0 Å². The summed E-state index contributed by atoms with van der Waals surface area (Å²) in [6.45, 7) is 2.43. The zero-order chi connectivity index (χ0) is 16.2. The van der Waals surface area contributed by atoms with Gasteiger partial charge in [-0.25, -0.2) is 4.68 Å². The highest BCUT2D eigenvalue weighted by Crippen LogP contribution is 2.20. The number of fused-ring (bicyclic) bond motifs is 1. The maximum Gasteiger partial charge on any atom is 0.276 e. The Labute approximate surface area is 132 Å². The number of amides is 1. The number of rotatable bonds is 4. The molecule has 0 saturated carbocycles. The van der Waals surface area contributed by atoms with Gasteiger partial charge in [-0.3, -0.25) is 14.6 Å². The molecule has 1 amide bonds. The minimum absolute atomic E-state index is 0.200. The number of aromatic nitrogens is 3. The third-order valence-electron chi connectivity index (χ3n) is 3.42. The minimum atomic E-state index is -0.368. The Hall–Kier alpha value is -3.02. The highest BCUT2D eigenvalue weighted by Gasteiger charge is 2.11. The summed E-state index contributed by atoms with van der Waals surface area (Å²) in [5.74, 6) is -0.368. The molecule has 3 aromatic rings. The van der Waals surface area contributed by atoms with Crippen molar-refractivity contribution in [1.29, 1.82) is 0 Å². The Morgan fingerprint density at radius 3 is 2.83 bits per heavy atom. The van der Waals surface area contributed by atoms with Crippen LogP contribution in [0.15, 0.2) is 53.5 Å². The van der Waals surface area contributed by atoms with Crippen molar-refractivity contribution in [2.45, 2.75) is 19.9 Å². The van der Waals surface area contributed by atoms with E-state index < -0.39 is 0 Å². The monoisotopic (exact) mass is 308 g/mol. The minimum Gasteiger partial charge on any atom is -0.319 e. The number of carbonyl (C=O) groups is 1. The third kappa shape index (κ3) is 3.11. The van der Waals surface area contributed by atoms with Crippen LogP contribution in [0.2, 0.25) is 0 Å². The van der Waals surface area contributed by atoms with Crippen molar-refractivity contribution < 1.29 is 4.79 Å². The maximum absolute atomic E-state index is 12.4. The van der Waals surface area contributed by atoms with Crippen LogP contribution >= 0.6 is 0 Å². The van der Waals surface area contributed by atoms with E-state index in [9.17, 15) is 9.59 Å². The lowest BCUT2D eigenvalue weighted by Crippen LogP contribution is -2.26. The molecule has 1 aromatic carbocycles. The summed E-state index contributed by atoms with van der Waals surface area (Å²) in [7, 11) is 0. The Morgan fingerprint density at radius 1 is 1.17 bits per heavy atom. The maximum atomic E-state index is 12.4. The highest BCUT2D eigenvalue weighted by atomic mass is 16.2. The first-order chi connectivity index (χ1) is 11.2. The van der Waals surface area contributed by atoms with Crippen LogP contribution in [0.4, 0.5) is 5.69 Å².